The molecule has 1 aromatic carbocycles. The van der Waals surface area contributed by atoms with E-state index >= 15 is 0 Å². The third-order valence-corrected chi connectivity index (χ3v) is 6.39. The number of halogens is 4. The SMILES string of the molecule is COCCn1c(C(=O)N2CCC(c3cc(CNC(=O)C(F)(F)F)ccc3F)CC2)cc2cccnc21. The van der Waals surface area contributed by atoms with Crippen molar-refractivity contribution in [2.45, 2.75) is 38.0 Å². The lowest BCUT2D eigenvalue weighted by atomic mass is 9.88. The van der Waals surface area contributed by atoms with E-state index in [0.717, 1.165) is 5.39 Å². The van der Waals surface area contributed by atoms with Gasteiger partial charge in [0.15, 0.2) is 0 Å². The van der Waals surface area contributed by atoms with Gasteiger partial charge in [0.1, 0.15) is 17.2 Å². The summed E-state index contributed by atoms with van der Waals surface area (Å²) in [6, 6.07) is 9.54. The fourth-order valence-electron chi connectivity index (χ4n) is 4.53. The van der Waals surface area contributed by atoms with Gasteiger partial charge in [-0.3, -0.25) is 9.59 Å². The zero-order chi connectivity index (χ0) is 25.9. The first kappa shape index (κ1) is 25.6. The molecule has 0 unspecified atom stereocenters. The zero-order valence-electron chi connectivity index (χ0n) is 19.6. The average Bonchev–Trinajstić information content (AvgIpc) is 3.24. The standard InChI is InChI=1S/C25H26F4N4O3/c1-36-12-11-33-21(14-18-3-2-8-30-22(18)33)23(34)32-9-6-17(7-10-32)19-13-16(4-5-20(19)26)15-31-24(35)25(27,28)29/h2-5,8,13-14,17H,6-7,9-12,15H2,1H3,(H,31,35). The molecule has 36 heavy (non-hydrogen) atoms. The highest BCUT2D eigenvalue weighted by Gasteiger charge is 2.38. The van der Waals surface area contributed by atoms with E-state index in [1.807, 2.05) is 16.7 Å². The summed E-state index contributed by atoms with van der Waals surface area (Å²) in [4.78, 5) is 30.6. The molecule has 2 amide bonds. The lowest BCUT2D eigenvalue weighted by Gasteiger charge is -2.32. The Morgan fingerprint density at radius 2 is 1.92 bits per heavy atom. The molecule has 192 valence electrons. The van der Waals surface area contributed by atoms with Crippen molar-refractivity contribution in [2.24, 2.45) is 0 Å². The highest BCUT2D eigenvalue weighted by molar-refractivity contribution is 5.98. The molecule has 0 radical (unpaired) electrons. The quantitative estimate of drug-likeness (QED) is 0.492. The number of aromatic nitrogens is 2. The van der Waals surface area contributed by atoms with Crippen LogP contribution in [0.2, 0.25) is 0 Å². The summed E-state index contributed by atoms with van der Waals surface area (Å²) in [5.74, 6) is -2.85. The monoisotopic (exact) mass is 506 g/mol. The van der Waals surface area contributed by atoms with Gasteiger partial charge in [-0.2, -0.15) is 13.2 Å². The molecule has 1 aliphatic rings. The Morgan fingerprint density at radius 1 is 1.17 bits per heavy atom. The smallest absolute Gasteiger partial charge is 0.383 e. The summed E-state index contributed by atoms with van der Waals surface area (Å²) >= 11 is 0. The van der Waals surface area contributed by atoms with E-state index in [4.69, 9.17) is 4.74 Å². The number of nitrogens with zero attached hydrogens (tertiary/aromatic N) is 3. The van der Waals surface area contributed by atoms with Crippen molar-refractivity contribution in [3.63, 3.8) is 0 Å². The second-order valence-electron chi connectivity index (χ2n) is 8.69. The molecule has 0 aliphatic carbocycles. The number of hydrogen-bond donors (Lipinski definition) is 1. The lowest BCUT2D eigenvalue weighted by molar-refractivity contribution is -0.173. The molecule has 2 aromatic heterocycles. The van der Waals surface area contributed by atoms with Gasteiger partial charge < -0.3 is 19.5 Å². The number of ether oxygens (including phenoxy) is 1. The van der Waals surface area contributed by atoms with Gasteiger partial charge in [-0.05, 0) is 54.2 Å². The Kier molecular flexibility index (Phi) is 7.58. The minimum atomic E-state index is -4.98. The van der Waals surface area contributed by atoms with E-state index < -0.39 is 17.9 Å². The Hall–Kier alpha value is -3.47. The van der Waals surface area contributed by atoms with Gasteiger partial charge in [-0.25, -0.2) is 9.37 Å². The number of carbonyl (C=O) groups excluding carboxylic acids is 2. The third kappa shape index (κ3) is 5.51. The van der Waals surface area contributed by atoms with Crippen LogP contribution in [-0.4, -0.2) is 59.2 Å². The maximum Gasteiger partial charge on any atom is 0.471 e. The van der Waals surface area contributed by atoms with Crippen LogP contribution in [0.15, 0.2) is 42.6 Å². The first-order valence-corrected chi connectivity index (χ1v) is 11.5. The Labute approximate surface area is 205 Å². The van der Waals surface area contributed by atoms with E-state index in [9.17, 15) is 27.2 Å². The van der Waals surface area contributed by atoms with Crippen LogP contribution < -0.4 is 5.32 Å². The number of rotatable bonds is 7. The number of pyridine rings is 1. The van der Waals surface area contributed by atoms with Gasteiger partial charge in [0.2, 0.25) is 0 Å². The van der Waals surface area contributed by atoms with Crippen LogP contribution in [0.4, 0.5) is 17.6 Å². The maximum absolute atomic E-state index is 14.6. The number of hydrogen-bond acceptors (Lipinski definition) is 4. The number of piperidine rings is 1. The summed E-state index contributed by atoms with van der Waals surface area (Å²) in [6.07, 6.45) is -2.31. The van der Waals surface area contributed by atoms with E-state index in [1.54, 1.807) is 29.6 Å². The number of amides is 2. The van der Waals surface area contributed by atoms with Gasteiger partial charge in [0.05, 0.1) is 6.61 Å². The van der Waals surface area contributed by atoms with Crippen molar-refractivity contribution in [3.05, 3.63) is 65.2 Å². The molecule has 0 atom stereocenters. The van der Waals surface area contributed by atoms with Crippen LogP contribution in [0.5, 0.6) is 0 Å². The molecule has 1 saturated heterocycles. The second kappa shape index (κ2) is 10.7. The lowest BCUT2D eigenvalue weighted by Crippen LogP contribution is -2.39. The molecule has 1 N–H and O–H groups in total. The largest absolute Gasteiger partial charge is 0.471 e. The molecule has 7 nitrogen and oxygen atoms in total. The first-order chi connectivity index (χ1) is 17.2. The van der Waals surface area contributed by atoms with Crippen LogP contribution >= 0.6 is 0 Å². The minimum absolute atomic E-state index is 0.147. The van der Waals surface area contributed by atoms with E-state index in [2.05, 4.69) is 4.98 Å². The number of alkyl halides is 3. The van der Waals surface area contributed by atoms with Crippen LogP contribution in [0.1, 0.15) is 40.4 Å². The van der Waals surface area contributed by atoms with Crippen molar-refractivity contribution in [2.75, 3.05) is 26.8 Å². The van der Waals surface area contributed by atoms with Gasteiger partial charge in [-0.15, -0.1) is 0 Å². The van der Waals surface area contributed by atoms with Crippen molar-refractivity contribution in [1.29, 1.82) is 0 Å². The molecular weight excluding hydrogens is 480 g/mol. The number of likely N-dealkylation sites (tertiary alicyclic amines) is 1. The molecule has 4 rings (SSSR count). The highest BCUT2D eigenvalue weighted by atomic mass is 19.4. The Morgan fingerprint density at radius 3 is 2.61 bits per heavy atom. The minimum Gasteiger partial charge on any atom is -0.383 e. The predicted molar refractivity (Wildman–Crippen MR) is 124 cm³/mol. The molecular formula is C25H26F4N4O3. The topological polar surface area (TPSA) is 76.5 Å². The van der Waals surface area contributed by atoms with Crippen LogP contribution in [0, 0.1) is 5.82 Å². The van der Waals surface area contributed by atoms with E-state index in [0.29, 0.717) is 61.6 Å². The van der Waals surface area contributed by atoms with E-state index in [1.165, 1.54) is 18.2 Å². The van der Waals surface area contributed by atoms with Crippen molar-refractivity contribution >= 4 is 22.8 Å². The van der Waals surface area contributed by atoms with Gasteiger partial charge in [0.25, 0.3) is 5.91 Å². The fraction of sp³-hybridized carbons (Fsp3) is 0.400. The summed E-state index contributed by atoms with van der Waals surface area (Å²) < 4.78 is 58.9. The molecule has 1 aliphatic heterocycles. The molecule has 11 heteroatoms. The Balaban J connectivity index is 1.45. The number of carbonyl (C=O) groups is 2. The second-order valence-corrected chi connectivity index (χ2v) is 8.69. The predicted octanol–water partition coefficient (Wildman–Crippen LogP) is 4.02. The summed E-state index contributed by atoms with van der Waals surface area (Å²) in [5.41, 5.74) is 1.95. The molecule has 0 bridgehead atoms. The van der Waals surface area contributed by atoms with Gasteiger partial charge in [0, 0.05) is 44.9 Å². The molecule has 3 heterocycles. The molecule has 0 spiro atoms. The number of methoxy groups -OCH3 is 1. The average molecular weight is 507 g/mol. The molecule has 0 saturated carbocycles. The fourth-order valence-corrected chi connectivity index (χ4v) is 4.53. The van der Waals surface area contributed by atoms with Gasteiger partial charge in [-0.1, -0.05) is 12.1 Å². The van der Waals surface area contributed by atoms with Crippen LogP contribution in [0.25, 0.3) is 11.0 Å². The van der Waals surface area contributed by atoms with Gasteiger partial charge >= 0.3 is 12.1 Å². The van der Waals surface area contributed by atoms with Crippen LogP contribution in [0.3, 0.4) is 0 Å². The summed E-state index contributed by atoms with van der Waals surface area (Å²) in [5, 5.41) is 2.65. The number of nitrogens with one attached hydrogen (secondary N) is 1. The normalized spacial score (nSPS) is 14.9. The molecule has 1 fully saturated rings. The first-order valence-electron chi connectivity index (χ1n) is 11.5. The summed E-state index contributed by atoms with van der Waals surface area (Å²) in [7, 11) is 1.59. The highest BCUT2D eigenvalue weighted by Crippen LogP contribution is 2.32. The summed E-state index contributed by atoms with van der Waals surface area (Å²) in [6.45, 7) is 1.33. The number of fused-ring (bicyclic) bond motifs is 1. The number of benzene rings is 1. The van der Waals surface area contributed by atoms with Crippen molar-refractivity contribution in [1.82, 2.24) is 19.8 Å². The zero-order valence-corrected chi connectivity index (χ0v) is 19.6. The third-order valence-electron chi connectivity index (χ3n) is 6.39. The van der Waals surface area contributed by atoms with Crippen LogP contribution in [-0.2, 0) is 22.6 Å². The van der Waals surface area contributed by atoms with Crippen molar-refractivity contribution in [3.8, 4) is 0 Å². The Bertz CT molecular complexity index is 1250. The maximum atomic E-state index is 14.6. The van der Waals surface area contributed by atoms with E-state index in [-0.39, 0.29) is 18.4 Å². The molecule has 3 aromatic rings. The van der Waals surface area contributed by atoms with Crippen molar-refractivity contribution < 1.29 is 31.9 Å².